The highest BCUT2D eigenvalue weighted by molar-refractivity contribution is 6.04. The van der Waals surface area contributed by atoms with E-state index in [9.17, 15) is 9.90 Å². The van der Waals surface area contributed by atoms with Gasteiger partial charge in [-0.05, 0) is 81.5 Å². The number of nitrogens with one attached hydrogen (secondary N) is 1. The Bertz CT molecular complexity index is 1130. The minimum atomic E-state index is -0.210. The van der Waals surface area contributed by atoms with Gasteiger partial charge in [0, 0.05) is 17.8 Å². The number of pyridine rings is 2. The number of anilines is 1. The fourth-order valence-corrected chi connectivity index (χ4v) is 4.67. The van der Waals surface area contributed by atoms with Crippen LogP contribution in [0.1, 0.15) is 83.2 Å². The van der Waals surface area contributed by atoms with E-state index in [0.29, 0.717) is 28.9 Å². The Balaban J connectivity index is 1.29. The molecule has 3 heterocycles. The highest BCUT2D eigenvalue weighted by Gasteiger charge is 2.25. The monoisotopic (exact) mass is 431 g/mol. The summed E-state index contributed by atoms with van der Waals surface area (Å²) < 4.78 is 1.70. The van der Waals surface area contributed by atoms with Crippen molar-refractivity contribution in [3.05, 3.63) is 64.9 Å². The van der Waals surface area contributed by atoms with E-state index >= 15 is 0 Å². The van der Waals surface area contributed by atoms with Crippen LogP contribution in [0.25, 0.3) is 5.82 Å². The molecule has 1 amide bonds. The first-order chi connectivity index (χ1) is 15.5. The van der Waals surface area contributed by atoms with Crippen molar-refractivity contribution in [1.82, 2.24) is 19.7 Å². The fraction of sp³-hybridized carbons (Fsp3) is 0.440. The summed E-state index contributed by atoms with van der Waals surface area (Å²) in [5.74, 6) is 1.54. The van der Waals surface area contributed by atoms with Crippen molar-refractivity contribution >= 4 is 11.6 Å². The Morgan fingerprint density at radius 2 is 1.75 bits per heavy atom. The van der Waals surface area contributed by atoms with Crippen molar-refractivity contribution in [2.45, 2.75) is 70.3 Å². The van der Waals surface area contributed by atoms with Crippen molar-refractivity contribution in [2.24, 2.45) is 0 Å². The lowest BCUT2D eigenvalue weighted by Gasteiger charge is -2.26. The molecular formula is C25H29N5O2. The van der Waals surface area contributed by atoms with E-state index in [4.69, 9.17) is 0 Å². The van der Waals surface area contributed by atoms with Crippen LogP contribution in [-0.2, 0) is 0 Å². The molecule has 0 saturated heterocycles. The standard InChI is InChI=1S/C25H29N5O2/c1-15-11-20(13-27-24(15)18-5-8-21(31)9-6-18)29-25(32)22-14-28-30(16(22)2)23-10-7-19(12-26-23)17-3-4-17/h7,10-14,17-18,21,31H,3-6,8-9H2,1-2H3,(H,29,32)/t18-,21-. The van der Waals surface area contributed by atoms with Gasteiger partial charge in [-0.3, -0.25) is 9.78 Å². The molecule has 5 rings (SSSR count). The zero-order valence-corrected chi connectivity index (χ0v) is 18.6. The Kier molecular flexibility index (Phi) is 5.51. The molecule has 0 unspecified atom stereocenters. The maximum absolute atomic E-state index is 12.9. The SMILES string of the molecule is Cc1cc(NC(=O)c2cnn(-c3ccc(C4CC4)cn3)c2C)cnc1[C@H]1CC[C@H](O)CC1. The largest absolute Gasteiger partial charge is 0.393 e. The van der Waals surface area contributed by atoms with E-state index in [2.05, 4.69) is 26.4 Å². The number of rotatable bonds is 5. The van der Waals surface area contributed by atoms with Crippen LogP contribution in [0.2, 0.25) is 0 Å². The van der Waals surface area contributed by atoms with Gasteiger partial charge in [0.1, 0.15) is 0 Å². The molecule has 7 heteroatoms. The van der Waals surface area contributed by atoms with Crippen molar-refractivity contribution in [3.8, 4) is 5.82 Å². The van der Waals surface area contributed by atoms with E-state index < -0.39 is 0 Å². The average molecular weight is 432 g/mol. The lowest BCUT2D eigenvalue weighted by atomic mass is 9.84. The molecule has 0 radical (unpaired) electrons. The van der Waals surface area contributed by atoms with Crippen molar-refractivity contribution < 1.29 is 9.90 Å². The van der Waals surface area contributed by atoms with Crippen LogP contribution in [-0.4, -0.2) is 36.9 Å². The average Bonchev–Trinajstić information content (AvgIpc) is 3.57. The highest BCUT2D eigenvalue weighted by atomic mass is 16.3. The molecule has 0 aliphatic heterocycles. The number of nitrogens with zero attached hydrogens (tertiary/aromatic N) is 4. The Morgan fingerprint density at radius 3 is 2.41 bits per heavy atom. The van der Waals surface area contributed by atoms with Gasteiger partial charge in [0.15, 0.2) is 5.82 Å². The van der Waals surface area contributed by atoms with Crippen LogP contribution in [0, 0.1) is 13.8 Å². The molecular weight excluding hydrogens is 402 g/mol. The molecule has 2 N–H and O–H groups in total. The zero-order valence-electron chi connectivity index (χ0n) is 18.6. The Morgan fingerprint density at radius 1 is 1.00 bits per heavy atom. The van der Waals surface area contributed by atoms with Gasteiger partial charge in [-0.25, -0.2) is 9.67 Å². The van der Waals surface area contributed by atoms with Crippen LogP contribution in [0.4, 0.5) is 5.69 Å². The minimum Gasteiger partial charge on any atom is -0.393 e. The van der Waals surface area contributed by atoms with E-state index in [1.165, 1.54) is 18.4 Å². The van der Waals surface area contributed by atoms with E-state index in [-0.39, 0.29) is 12.0 Å². The summed E-state index contributed by atoms with van der Waals surface area (Å²) in [5, 5.41) is 17.1. The molecule has 3 aromatic heterocycles. The predicted molar refractivity (Wildman–Crippen MR) is 122 cm³/mol. The second-order valence-corrected chi connectivity index (χ2v) is 9.17. The second kappa shape index (κ2) is 8.47. The summed E-state index contributed by atoms with van der Waals surface area (Å²) in [6.45, 7) is 3.91. The van der Waals surface area contributed by atoms with Gasteiger partial charge in [-0.2, -0.15) is 5.10 Å². The van der Waals surface area contributed by atoms with Gasteiger partial charge in [-0.1, -0.05) is 6.07 Å². The van der Waals surface area contributed by atoms with Crippen LogP contribution >= 0.6 is 0 Å². The molecule has 0 atom stereocenters. The lowest BCUT2D eigenvalue weighted by Crippen LogP contribution is -2.19. The number of hydrogen-bond acceptors (Lipinski definition) is 5. The van der Waals surface area contributed by atoms with Crippen molar-refractivity contribution in [1.29, 1.82) is 0 Å². The van der Waals surface area contributed by atoms with Crippen molar-refractivity contribution in [2.75, 3.05) is 5.32 Å². The first-order valence-electron chi connectivity index (χ1n) is 11.5. The summed E-state index contributed by atoms with van der Waals surface area (Å²) in [5.41, 5.74) is 5.34. The van der Waals surface area contributed by atoms with Crippen LogP contribution in [0.15, 0.2) is 36.8 Å². The third-order valence-corrected chi connectivity index (χ3v) is 6.75. The first kappa shape index (κ1) is 20.8. The molecule has 2 aliphatic carbocycles. The van der Waals surface area contributed by atoms with Gasteiger partial charge < -0.3 is 10.4 Å². The number of carbonyl (C=O) groups is 1. The number of aliphatic hydroxyl groups excluding tert-OH is 1. The molecule has 3 aromatic rings. The summed E-state index contributed by atoms with van der Waals surface area (Å²) in [6, 6.07) is 6.04. The highest BCUT2D eigenvalue weighted by Crippen LogP contribution is 2.39. The summed E-state index contributed by atoms with van der Waals surface area (Å²) in [7, 11) is 0. The van der Waals surface area contributed by atoms with Crippen LogP contribution in [0.3, 0.4) is 0 Å². The number of amides is 1. The van der Waals surface area contributed by atoms with Gasteiger partial charge >= 0.3 is 0 Å². The fourth-order valence-electron chi connectivity index (χ4n) is 4.67. The maximum Gasteiger partial charge on any atom is 0.259 e. The molecule has 7 nitrogen and oxygen atoms in total. The molecule has 166 valence electrons. The molecule has 2 saturated carbocycles. The van der Waals surface area contributed by atoms with Crippen LogP contribution < -0.4 is 5.32 Å². The van der Waals surface area contributed by atoms with E-state index in [1.807, 2.05) is 32.2 Å². The Hall–Kier alpha value is -3.06. The normalized spacial score (nSPS) is 20.8. The summed E-state index contributed by atoms with van der Waals surface area (Å²) >= 11 is 0. The van der Waals surface area contributed by atoms with Gasteiger partial charge in [-0.15, -0.1) is 0 Å². The number of aryl methyl sites for hydroxylation is 1. The number of hydrogen-bond donors (Lipinski definition) is 2. The molecule has 0 aromatic carbocycles. The quantitative estimate of drug-likeness (QED) is 0.623. The molecule has 2 aliphatic rings. The van der Waals surface area contributed by atoms with Crippen LogP contribution in [0.5, 0.6) is 0 Å². The van der Waals surface area contributed by atoms with Gasteiger partial charge in [0.2, 0.25) is 0 Å². The second-order valence-electron chi connectivity index (χ2n) is 9.17. The number of carbonyl (C=O) groups excluding carboxylic acids is 1. The smallest absolute Gasteiger partial charge is 0.259 e. The molecule has 0 bridgehead atoms. The third-order valence-electron chi connectivity index (χ3n) is 6.75. The third kappa shape index (κ3) is 4.17. The number of aromatic nitrogens is 4. The molecule has 0 spiro atoms. The van der Waals surface area contributed by atoms with Gasteiger partial charge in [0.05, 0.1) is 35.4 Å². The molecule has 32 heavy (non-hydrogen) atoms. The minimum absolute atomic E-state index is 0.180. The van der Waals surface area contributed by atoms with E-state index in [0.717, 1.165) is 42.6 Å². The van der Waals surface area contributed by atoms with E-state index in [1.54, 1.807) is 17.1 Å². The molecule has 2 fully saturated rings. The summed E-state index contributed by atoms with van der Waals surface area (Å²) in [4.78, 5) is 22.1. The maximum atomic E-state index is 12.9. The van der Waals surface area contributed by atoms with Gasteiger partial charge in [0.25, 0.3) is 5.91 Å². The zero-order chi connectivity index (χ0) is 22.2. The first-order valence-corrected chi connectivity index (χ1v) is 11.5. The lowest BCUT2D eigenvalue weighted by molar-refractivity contribution is 0.102. The topological polar surface area (TPSA) is 92.9 Å². The predicted octanol–water partition coefficient (Wildman–Crippen LogP) is 4.43. The van der Waals surface area contributed by atoms with Crippen molar-refractivity contribution in [3.63, 3.8) is 0 Å². The summed E-state index contributed by atoms with van der Waals surface area (Å²) in [6.07, 6.45) is 11.1. The number of aliphatic hydroxyl groups is 1. The Labute approximate surface area is 187 Å².